The van der Waals surface area contributed by atoms with E-state index in [2.05, 4.69) is 5.32 Å². The van der Waals surface area contributed by atoms with Crippen LogP contribution >= 0.6 is 0 Å². The van der Waals surface area contributed by atoms with Crippen molar-refractivity contribution in [2.75, 3.05) is 5.32 Å². The van der Waals surface area contributed by atoms with Crippen LogP contribution in [0.25, 0.3) is 0 Å². The van der Waals surface area contributed by atoms with E-state index in [1.165, 1.54) is 31.2 Å². The van der Waals surface area contributed by atoms with Crippen LogP contribution in [0.5, 0.6) is 0 Å². The number of aliphatic carboxylic acids is 1. The number of hydrogen-bond donors (Lipinski definition) is 3. The van der Waals surface area contributed by atoms with E-state index >= 15 is 0 Å². The normalized spacial score (nSPS) is 12.4. The third-order valence-corrected chi connectivity index (χ3v) is 5.00. The first-order valence-corrected chi connectivity index (χ1v) is 8.90. The summed E-state index contributed by atoms with van der Waals surface area (Å²) < 4.78 is 26.2. The Morgan fingerprint density at radius 2 is 1.56 bits per heavy atom. The second-order valence-electron chi connectivity index (χ2n) is 5.53. The van der Waals surface area contributed by atoms with Gasteiger partial charge in [0.25, 0.3) is 5.91 Å². The molecule has 0 saturated heterocycles. The molecule has 0 aliphatic rings. The maximum absolute atomic E-state index is 12.1. The van der Waals surface area contributed by atoms with Gasteiger partial charge in [0.2, 0.25) is 10.0 Å². The first-order valence-electron chi connectivity index (χ1n) is 7.42. The molecule has 8 heteroatoms. The first-order chi connectivity index (χ1) is 11.7. The highest BCUT2D eigenvalue weighted by Crippen LogP contribution is 2.15. The third-order valence-electron chi connectivity index (χ3n) is 3.44. The SMILES string of the molecule is Cc1ccc(C(=O)Nc2ccc(S(=O)(=O)N[C@H](C)C(=O)O)cc2)cc1. The van der Waals surface area contributed by atoms with Gasteiger partial charge in [-0.1, -0.05) is 17.7 Å². The summed E-state index contributed by atoms with van der Waals surface area (Å²) in [7, 11) is -3.95. The van der Waals surface area contributed by atoms with E-state index in [4.69, 9.17) is 5.11 Å². The zero-order valence-electron chi connectivity index (χ0n) is 13.7. The average molecular weight is 362 g/mol. The fourth-order valence-electron chi connectivity index (χ4n) is 1.98. The number of benzene rings is 2. The van der Waals surface area contributed by atoms with Gasteiger partial charge in [-0.05, 0) is 50.2 Å². The minimum absolute atomic E-state index is 0.0889. The lowest BCUT2D eigenvalue weighted by atomic mass is 10.1. The molecule has 0 aliphatic heterocycles. The molecule has 3 N–H and O–H groups in total. The lowest BCUT2D eigenvalue weighted by Gasteiger charge is -2.11. The van der Waals surface area contributed by atoms with Gasteiger partial charge in [-0.15, -0.1) is 0 Å². The number of carboxylic acid groups (broad SMARTS) is 1. The van der Waals surface area contributed by atoms with Crippen LogP contribution in [0.1, 0.15) is 22.8 Å². The smallest absolute Gasteiger partial charge is 0.321 e. The number of carboxylic acids is 1. The zero-order chi connectivity index (χ0) is 18.6. The lowest BCUT2D eigenvalue weighted by Crippen LogP contribution is -2.38. The number of nitrogens with one attached hydrogen (secondary N) is 2. The molecule has 0 unspecified atom stereocenters. The van der Waals surface area contributed by atoms with Gasteiger partial charge in [-0.25, -0.2) is 8.42 Å². The van der Waals surface area contributed by atoms with Crippen molar-refractivity contribution in [3.8, 4) is 0 Å². The molecule has 0 spiro atoms. The number of aryl methyl sites for hydroxylation is 1. The molecule has 25 heavy (non-hydrogen) atoms. The largest absolute Gasteiger partial charge is 0.480 e. The summed E-state index contributed by atoms with van der Waals surface area (Å²) in [6.45, 7) is 3.15. The Bertz CT molecular complexity index is 874. The lowest BCUT2D eigenvalue weighted by molar-refractivity contribution is -0.138. The highest BCUT2D eigenvalue weighted by Gasteiger charge is 2.21. The number of hydrogen-bond acceptors (Lipinski definition) is 4. The van der Waals surface area contributed by atoms with Crippen LogP contribution in [0.4, 0.5) is 5.69 Å². The predicted molar refractivity (Wildman–Crippen MR) is 93.0 cm³/mol. The Balaban J connectivity index is 2.10. The van der Waals surface area contributed by atoms with Crippen LogP contribution in [0.3, 0.4) is 0 Å². The number of amides is 1. The van der Waals surface area contributed by atoms with Gasteiger partial charge >= 0.3 is 5.97 Å². The van der Waals surface area contributed by atoms with E-state index in [-0.39, 0.29) is 10.8 Å². The summed E-state index contributed by atoms with van der Waals surface area (Å²) in [6.07, 6.45) is 0. The molecular weight excluding hydrogens is 344 g/mol. The molecule has 132 valence electrons. The molecule has 2 rings (SSSR count). The highest BCUT2D eigenvalue weighted by molar-refractivity contribution is 7.89. The Kier molecular flexibility index (Phi) is 5.55. The van der Waals surface area contributed by atoms with Gasteiger partial charge < -0.3 is 10.4 Å². The molecule has 0 bridgehead atoms. The molecule has 0 aliphatic carbocycles. The fraction of sp³-hybridized carbons (Fsp3) is 0.176. The summed E-state index contributed by atoms with van der Waals surface area (Å²) in [5.74, 6) is -1.58. The first kappa shape index (κ1) is 18.6. The maximum atomic E-state index is 12.1. The molecule has 2 aromatic carbocycles. The minimum Gasteiger partial charge on any atom is -0.480 e. The van der Waals surface area contributed by atoms with Crippen LogP contribution in [-0.2, 0) is 14.8 Å². The van der Waals surface area contributed by atoms with Crippen LogP contribution in [-0.4, -0.2) is 31.4 Å². The molecule has 0 saturated carbocycles. The van der Waals surface area contributed by atoms with Gasteiger partial charge in [0.1, 0.15) is 6.04 Å². The van der Waals surface area contributed by atoms with Gasteiger partial charge in [-0.3, -0.25) is 9.59 Å². The van der Waals surface area contributed by atoms with Crippen LogP contribution in [0, 0.1) is 6.92 Å². The van der Waals surface area contributed by atoms with E-state index in [1.54, 1.807) is 12.1 Å². The number of carbonyl (C=O) groups is 2. The molecule has 0 radical (unpaired) electrons. The topological polar surface area (TPSA) is 113 Å². The van der Waals surface area contributed by atoms with Crippen molar-refractivity contribution in [3.05, 3.63) is 59.7 Å². The molecule has 0 fully saturated rings. The minimum atomic E-state index is -3.95. The van der Waals surface area contributed by atoms with Crippen molar-refractivity contribution in [2.45, 2.75) is 24.8 Å². The molecule has 0 heterocycles. The second-order valence-corrected chi connectivity index (χ2v) is 7.24. The van der Waals surface area contributed by atoms with Crippen LogP contribution in [0.2, 0.25) is 0 Å². The fourth-order valence-corrected chi connectivity index (χ4v) is 3.17. The van der Waals surface area contributed by atoms with Gasteiger partial charge in [0, 0.05) is 11.3 Å². The van der Waals surface area contributed by atoms with Crippen LogP contribution in [0.15, 0.2) is 53.4 Å². The Labute approximate surface area is 145 Å². The van der Waals surface area contributed by atoms with E-state index in [9.17, 15) is 18.0 Å². The molecule has 7 nitrogen and oxygen atoms in total. The number of anilines is 1. The number of rotatable bonds is 6. The van der Waals surface area contributed by atoms with Crippen molar-refractivity contribution >= 4 is 27.6 Å². The zero-order valence-corrected chi connectivity index (χ0v) is 14.5. The van der Waals surface area contributed by atoms with Gasteiger partial charge in [-0.2, -0.15) is 4.72 Å². The van der Waals surface area contributed by atoms with E-state index in [0.717, 1.165) is 5.56 Å². The second kappa shape index (κ2) is 7.45. The Morgan fingerprint density at radius 1 is 1.00 bits per heavy atom. The monoisotopic (exact) mass is 362 g/mol. The molecular formula is C17H18N2O5S. The van der Waals surface area contributed by atoms with Crippen molar-refractivity contribution < 1.29 is 23.1 Å². The molecule has 1 amide bonds. The summed E-state index contributed by atoms with van der Waals surface area (Å²) in [5, 5.41) is 11.5. The summed E-state index contributed by atoms with van der Waals surface area (Å²) in [4.78, 5) is 22.8. The molecule has 1 atom stereocenters. The summed E-state index contributed by atoms with van der Waals surface area (Å²) in [5.41, 5.74) is 1.95. The average Bonchev–Trinajstić information content (AvgIpc) is 2.55. The molecule has 2 aromatic rings. The summed E-state index contributed by atoms with van der Waals surface area (Å²) in [6, 6.07) is 11.2. The quantitative estimate of drug-likeness (QED) is 0.727. The standard InChI is InChI=1S/C17H18N2O5S/c1-11-3-5-13(6-4-11)16(20)18-14-7-9-15(10-8-14)25(23,24)19-12(2)17(21)22/h3-10,12,19H,1-2H3,(H,18,20)(H,21,22)/t12-/m1/s1. The van der Waals surface area contributed by atoms with E-state index < -0.39 is 22.0 Å². The van der Waals surface area contributed by atoms with Crippen molar-refractivity contribution in [2.24, 2.45) is 0 Å². The summed E-state index contributed by atoms with van der Waals surface area (Å²) >= 11 is 0. The third kappa shape index (κ3) is 4.88. The van der Waals surface area contributed by atoms with Crippen molar-refractivity contribution in [1.82, 2.24) is 4.72 Å². The molecule has 0 aromatic heterocycles. The predicted octanol–water partition coefficient (Wildman–Crippen LogP) is 2.00. The van der Waals surface area contributed by atoms with Crippen molar-refractivity contribution in [1.29, 1.82) is 0 Å². The Hall–Kier alpha value is -2.71. The van der Waals surface area contributed by atoms with Gasteiger partial charge in [0.05, 0.1) is 4.90 Å². The highest BCUT2D eigenvalue weighted by atomic mass is 32.2. The van der Waals surface area contributed by atoms with E-state index in [1.807, 2.05) is 23.8 Å². The van der Waals surface area contributed by atoms with Gasteiger partial charge in [0.15, 0.2) is 0 Å². The Morgan fingerprint density at radius 3 is 2.08 bits per heavy atom. The maximum Gasteiger partial charge on any atom is 0.321 e. The van der Waals surface area contributed by atoms with Crippen LogP contribution < -0.4 is 10.0 Å². The number of sulfonamides is 1. The van der Waals surface area contributed by atoms with Crippen molar-refractivity contribution in [3.63, 3.8) is 0 Å². The number of carbonyl (C=O) groups excluding carboxylic acids is 1. The van der Waals surface area contributed by atoms with E-state index in [0.29, 0.717) is 11.3 Å².